The van der Waals surface area contributed by atoms with Crippen LogP contribution in [0.3, 0.4) is 0 Å². The minimum absolute atomic E-state index is 0.0301. The Labute approximate surface area is 104 Å². The minimum Gasteiger partial charge on any atom is -0.469 e. The van der Waals surface area contributed by atoms with Gasteiger partial charge in [0.05, 0.1) is 13.0 Å². The number of thioether (sulfide) groups is 1. The van der Waals surface area contributed by atoms with Gasteiger partial charge in [-0.1, -0.05) is 20.8 Å². The first kappa shape index (κ1) is 13.9. The summed E-state index contributed by atoms with van der Waals surface area (Å²) >= 11 is 1.96. The molecule has 0 radical (unpaired) electrons. The molecular formula is C13H24O2S. The number of hydrogen-bond donors (Lipinski definition) is 0. The fourth-order valence-electron chi connectivity index (χ4n) is 2.56. The van der Waals surface area contributed by atoms with Gasteiger partial charge in [0, 0.05) is 11.0 Å². The van der Waals surface area contributed by atoms with Gasteiger partial charge in [0.2, 0.25) is 0 Å². The molecule has 2 nitrogen and oxygen atoms in total. The van der Waals surface area contributed by atoms with Gasteiger partial charge in [0.25, 0.3) is 0 Å². The average Bonchev–Trinajstić information content (AvgIpc) is 2.23. The van der Waals surface area contributed by atoms with E-state index in [4.69, 9.17) is 4.74 Å². The number of ether oxygens (including phenoxy) is 1. The highest BCUT2D eigenvalue weighted by molar-refractivity contribution is 7.99. The lowest BCUT2D eigenvalue weighted by Crippen LogP contribution is -2.23. The molecule has 1 saturated carbocycles. The smallest absolute Gasteiger partial charge is 0.309 e. The lowest BCUT2D eigenvalue weighted by Gasteiger charge is -2.31. The number of esters is 1. The van der Waals surface area contributed by atoms with Crippen molar-refractivity contribution < 1.29 is 9.53 Å². The molecule has 0 aromatic rings. The molecule has 0 bridgehead atoms. The molecule has 16 heavy (non-hydrogen) atoms. The SMILES string of the molecule is COC(=O)C(C)CSC1CC(C)CC(C)C1. The molecule has 0 saturated heterocycles. The number of carbonyl (C=O) groups excluding carboxylic acids is 1. The molecule has 0 heterocycles. The van der Waals surface area contributed by atoms with E-state index in [1.165, 1.54) is 26.4 Å². The summed E-state index contributed by atoms with van der Waals surface area (Å²) in [4.78, 5) is 11.3. The van der Waals surface area contributed by atoms with E-state index in [0.29, 0.717) is 0 Å². The van der Waals surface area contributed by atoms with Crippen LogP contribution in [0.2, 0.25) is 0 Å². The van der Waals surface area contributed by atoms with E-state index in [1.807, 2.05) is 18.7 Å². The summed E-state index contributed by atoms with van der Waals surface area (Å²) in [5, 5.41) is 0.742. The van der Waals surface area contributed by atoms with E-state index in [1.54, 1.807) is 0 Å². The largest absolute Gasteiger partial charge is 0.469 e. The summed E-state index contributed by atoms with van der Waals surface area (Å²) in [6, 6.07) is 0. The van der Waals surface area contributed by atoms with Crippen molar-refractivity contribution in [2.45, 2.75) is 45.3 Å². The molecule has 0 spiro atoms. The van der Waals surface area contributed by atoms with E-state index < -0.39 is 0 Å². The van der Waals surface area contributed by atoms with Crippen molar-refractivity contribution in [3.05, 3.63) is 0 Å². The lowest BCUT2D eigenvalue weighted by atomic mass is 9.83. The van der Waals surface area contributed by atoms with Gasteiger partial charge in [0.1, 0.15) is 0 Å². The van der Waals surface area contributed by atoms with E-state index in [9.17, 15) is 4.79 Å². The second-order valence-electron chi connectivity index (χ2n) is 5.30. The van der Waals surface area contributed by atoms with Gasteiger partial charge in [-0.05, 0) is 31.1 Å². The monoisotopic (exact) mass is 244 g/mol. The van der Waals surface area contributed by atoms with E-state index in [-0.39, 0.29) is 11.9 Å². The first-order chi connectivity index (χ1) is 7.52. The second-order valence-corrected chi connectivity index (χ2v) is 6.63. The highest BCUT2D eigenvalue weighted by Crippen LogP contribution is 2.36. The Morgan fingerprint density at radius 2 is 1.88 bits per heavy atom. The second kappa shape index (κ2) is 6.53. The minimum atomic E-state index is -0.0793. The van der Waals surface area contributed by atoms with Crippen LogP contribution in [0.25, 0.3) is 0 Å². The zero-order valence-corrected chi connectivity index (χ0v) is 11.7. The summed E-state index contributed by atoms with van der Waals surface area (Å²) in [5.41, 5.74) is 0. The summed E-state index contributed by atoms with van der Waals surface area (Å²) in [7, 11) is 1.47. The van der Waals surface area contributed by atoms with Crippen molar-refractivity contribution in [1.82, 2.24) is 0 Å². The first-order valence-electron chi connectivity index (χ1n) is 6.22. The molecular weight excluding hydrogens is 220 g/mol. The van der Waals surface area contributed by atoms with E-state index in [2.05, 4.69) is 13.8 Å². The average molecular weight is 244 g/mol. The van der Waals surface area contributed by atoms with Gasteiger partial charge in [-0.3, -0.25) is 4.79 Å². The van der Waals surface area contributed by atoms with Gasteiger partial charge in [-0.15, -0.1) is 0 Å². The molecule has 1 aliphatic carbocycles. The summed E-state index contributed by atoms with van der Waals surface area (Å²) < 4.78 is 4.74. The highest BCUT2D eigenvalue weighted by atomic mass is 32.2. The van der Waals surface area contributed by atoms with Crippen molar-refractivity contribution >= 4 is 17.7 Å². The maximum absolute atomic E-state index is 11.3. The molecule has 94 valence electrons. The maximum atomic E-state index is 11.3. The van der Waals surface area contributed by atoms with Crippen LogP contribution < -0.4 is 0 Å². The zero-order valence-electron chi connectivity index (χ0n) is 10.9. The Bertz CT molecular complexity index is 220. The Hall–Kier alpha value is -0.180. The van der Waals surface area contributed by atoms with Crippen LogP contribution in [0, 0.1) is 17.8 Å². The van der Waals surface area contributed by atoms with Crippen molar-refractivity contribution in [2.24, 2.45) is 17.8 Å². The fraction of sp³-hybridized carbons (Fsp3) is 0.923. The summed E-state index contributed by atoms with van der Waals surface area (Å²) in [6.07, 6.45) is 3.98. The fourth-order valence-corrected chi connectivity index (χ4v) is 4.19. The first-order valence-corrected chi connectivity index (χ1v) is 7.27. The molecule has 0 aliphatic heterocycles. The third kappa shape index (κ3) is 4.36. The van der Waals surface area contributed by atoms with Crippen molar-refractivity contribution in [1.29, 1.82) is 0 Å². The maximum Gasteiger partial charge on any atom is 0.309 e. The molecule has 0 aromatic heterocycles. The van der Waals surface area contributed by atoms with Crippen molar-refractivity contribution in [3.8, 4) is 0 Å². The van der Waals surface area contributed by atoms with Crippen LogP contribution in [0.5, 0.6) is 0 Å². The van der Waals surface area contributed by atoms with Gasteiger partial charge in [0.15, 0.2) is 0 Å². The standard InChI is InChI=1S/C13H24O2S/c1-9-5-10(2)7-12(6-9)16-8-11(3)13(14)15-4/h9-12H,5-8H2,1-4H3. The third-order valence-corrected chi connectivity index (χ3v) is 4.87. The van der Waals surface area contributed by atoms with Gasteiger partial charge >= 0.3 is 5.97 Å². The topological polar surface area (TPSA) is 26.3 Å². The molecule has 1 rings (SSSR count). The number of carbonyl (C=O) groups is 1. The highest BCUT2D eigenvalue weighted by Gasteiger charge is 2.25. The van der Waals surface area contributed by atoms with Crippen molar-refractivity contribution in [3.63, 3.8) is 0 Å². The molecule has 1 aliphatic rings. The third-order valence-electron chi connectivity index (χ3n) is 3.32. The zero-order chi connectivity index (χ0) is 12.1. The Balaban J connectivity index is 2.29. The molecule has 3 atom stereocenters. The molecule has 0 amide bonds. The summed E-state index contributed by atoms with van der Waals surface area (Å²) in [6.45, 7) is 6.63. The number of hydrogen-bond acceptors (Lipinski definition) is 3. The van der Waals surface area contributed by atoms with Crippen LogP contribution >= 0.6 is 11.8 Å². The Morgan fingerprint density at radius 3 is 2.38 bits per heavy atom. The van der Waals surface area contributed by atoms with Crippen LogP contribution in [-0.4, -0.2) is 24.1 Å². The molecule has 0 aromatic carbocycles. The lowest BCUT2D eigenvalue weighted by molar-refractivity contribution is -0.143. The predicted molar refractivity (Wildman–Crippen MR) is 69.6 cm³/mol. The van der Waals surface area contributed by atoms with Gasteiger partial charge in [-0.25, -0.2) is 0 Å². The Kier molecular flexibility index (Phi) is 5.67. The van der Waals surface area contributed by atoms with Crippen molar-refractivity contribution in [2.75, 3.05) is 12.9 Å². The quantitative estimate of drug-likeness (QED) is 0.709. The summed E-state index contributed by atoms with van der Waals surface area (Å²) in [5.74, 6) is 2.54. The van der Waals surface area contributed by atoms with E-state index >= 15 is 0 Å². The van der Waals surface area contributed by atoms with Crippen LogP contribution in [0.15, 0.2) is 0 Å². The molecule has 0 N–H and O–H groups in total. The Morgan fingerprint density at radius 1 is 1.31 bits per heavy atom. The normalized spacial score (nSPS) is 32.1. The number of methoxy groups -OCH3 is 1. The molecule has 3 unspecified atom stereocenters. The predicted octanol–water partition coefficient (Wildman–Crippen LogP) is 3.35. The van der Waals surface area contributed by atoms with Gasteiger partial charge in [-0.2, -0.15) is 11.8 Å². The van der Waals surface area contributed by atoms with Crippen LogP contribution in [0.4, 0.5) is 0 Å². The van der Waals surface area contributed by atoms with Crippen LogP contribution in [0.1, 0.15) is 40.0 Å². The van der Waals surface area contributed by atoms with Gasteiger partial charge < -0.3 is 4.74 Å². The molecule has 3 heteroatoms. The molecule has 1 fully saturated rings. The number of rotatable bonds is 4. The van der Waals surface area contributed by atoms with E-state index in [0.717, 1.165) is 22.8 Å². The van der Waals surface area contributed by atoms with Crippen LogP contribution in [-0.2, 0) is 9.53 Å².